The first-order valence-electron chi connectivity index (χ1n) is 10.4. The third kappa shape index (κ3) is 5.91. The van der Waals surface area contributed by atoms with Crippen molar-refractivity contribution < 1.29 is 9.59 Å². The van der Waals surface area contributed by atoms with Crippen molar-refractivity contribution in [3.63, 3.8) is 0 Å². The van der Waals surface area contributed by atoms with Gasteiger partial charge in [-0.15, -0.1) is 0 Å². The maximum atomic E-state index is 12.5. The first-order chi connectivity index (χ1) is 13.9. The van der Waals surface area contributed by atoms with Gasteiger partial charge in [0.1, 0.15) is 0 Å². The summed E-state index contributed by atoms with van der Waals surface area (Å²) in [7, 11) is 0. The Bertz CT molecular complexity index is 837. The number of hydrogen-bond donors (Lipinski definition) is 1. The highest BCUT2D eigenvalue weighted by Crippen LogP contribution is 2.16. The lowest BCUT2D eigenvalue weighted by molar-refractivity contribution is -0.131. The monoisotopic (exact) mass is 393 g/mol. The largest absolute Gasteiger partial charge is 0.343 e. The maximum Gasteiger partial charge on any atom is 0.251 e. The van der Waals surface area contributed by atoms with Crippen LogP contribution in [-0.4, -0.2) is 54.3 Å². The summed E-state index contributed by atoms with van der Waals surface area (Å²) >= 11 is 0. The second kappa shape index (κ2) is 9.70. The molecule has 2 amide bonds. The molecule has 154 valence electrons. The second-order valence-electron chi connectivity index (χ2n) is 8.11. The van der Waals surface area contributed by atoms with E-state index in [9.17, 15) is 9.59 Å². The number of rotatable bonds is 6. The molecule has 3 rings (SSSR count). The highest BCUT2D eigenvalue weighted by Gasteiger charge is 2.21. The molecule has 29 heavy (non-hydrogen) atoms. The molecule has 0 spiro atoms. The van der Waals surface area contributed by atoms with Gasteiger partial charge in [0.05, 0.1) is 6.54 Å². The summed E-state index contributed by atoms with van der Waals surface area (Å²) in [6.45, 7) is 10.4. The molecule has 0 bridgehead atoms. The zero-order valence-corrected chi connectivity index (χ0v) is 17.6. The van der Waals surface area contributed by atoms with E-state index in [1.54, 1.807) is 6.07 Å². The molecule has 0 aromatic heterocycles. The van der Waals surface area contributed by atoms with E-state index in [2.05, 4.69) is 48.3 Å². The predicted molar refractivity (Wildman–Crippen MR) is 116 cm³/mol. The summed E-state index contributed by atoms with van der Waals surface area (Å²) in [5.74, 6) is 0.322. The Morgan fingerprint density at radius 2 is 1.69 bits per heavy atom. The van der Waals surface area contributed by atoms with E-state index in [-0.39, 0.29) is 18.4 Å². The van der Waals surface area contributed by atoms with E-state index in [4.69, 9.17) is 0 Å². The summed E-state index contributed by atoms with van der Waals surface area (Å²) < 4.78 is 0. The first-order valence-corrected chi connectivity index (χ1v) is 10.4. The van der Waals surface area contributed by atoms with Crippen molar-refractivity contribution in [2.24, 2.45) is 0 Å². The van der Waals surface area contributed by atoms with Crippen molar-refractivity contribution in [1.82, 2.24) is 15.1 Å². The molecule has 5 heteroatoms. The van der Waals surface area contributed by atoms with Gasteiger partial charge in [-0.05, 0) is 36.1 Å². The first kappa shape index (κ1) is 21.1. The van der Waals surface area contributed by atoms with Gasteiger partial charge in [0.25, 0.3) is 5.91 Å². The molecule has 0 atom stereocenters. The van der Waals surface area contributed by atoms with Gasteiger partial charge in [-0.1, -0.05) is 55.8 Å². The molecule has 5 nitrogen and oxygen atoms in total. The van der Waals surface area contributed by atoms with Gasteiger partial charge >= 0.3 is 0 Å². The van der Waals surface area contributed by atoms with E-state index in [1.165, 1.54) is 11.1 Å². The summed E-state index contributed by atoms with van der Waals surface area (Å²) in [5, 5.41) is 2.74. The molecule has 0 aliphatic carbocycles. The van der Waals surface area contributed by atoms with Crippen molar-refractivity contribution in [3.05, 3.63) is 70.8 Å². The fraction of sp³-hybridized carbons (Fsp3) is 0.417. The van der Waals surface area contributed by atoms with Gasteiger partial charge in [-0.2, -0.15) is 0 Å². The normalized spacial score (nSPS) is 14.8. The van der Waals surface area contributed by atoms with Crippen LogP contribution < -0.4 is 5.32 Å². The topological polar surface area (TPSA) is 52.7 Å². The Morgan fingerprint density at radius 1 is 1.00 bits per heavy atom. The van der Waals surface area contributed by atoms with E-state index in [0.29, 0.717) is 24.6 Å². The Balaban J connectivity index is 1.42. The number of carbonyl (C=O) groups excluding carboxylic acids is 2. The fourth-order valence-corrected chi connectivity index (χ4v) is 3.58. The van der Waals surface area contributed by atoms with Crippen LogP contribution >= 0.6 is 0 Å². The molecule has 1 N–H and O–H groups in total. The molecule has 0 unspecified atom stereocenters. The Morgan fingerprint density at radius 3 is 2.31 bits per heavy atom. The number of hydrogen-bond acceptors (Lipinski definition) is 3. The number of aryl methyl sites for hydroxylation is 1. The minimum Gasteiger partial charge on any atom is -0.343 e. The molecule has 1 aliphatic heterocycles. The number of nitrogens with one attached hydrogen (secondary N) is 1. The quantitative estimate of drug-likeness (QED) is 0.820. The van der Waals surface area contributed by atoms with E-state index in [0.717, 1.165) is 25.2 Å². The molecular formula is C24H31N3O2. The van der Waals surface area contributed by atoms with E-state index in [1.807, 2.05) is 30.0 Å². The van der Waals surface area contributed by atoms with Crippen LogP contribution in [0.3, 0.4) is 0 Å². The van der Waals surface area contributed by atoms with Crippen LogP contribution in [0.5, 0.6) is 0 Å². The fourth-order valence-electron chi connectivity index (χ4n) is 3.58. The van der Waals surface area contributed by atoms with Gasteiger partial charge in [-0.25, -0.2) is 0 Å². The van der Waals surface area contributed by atoms with Crippen molar-refractivity contribution in [2.75, 3.05) is 32.7 Å². The van der Waals surface area contributed by atoms with Crippen LogP contribution in [0.4, 0.5) is 0 Å². The molecule has 0 radical (unpaired) electrons. The number of carbonyl (C=O) groups is 2. The maximum absolute atomic E-state index is 12.5. The van der Waals surface area contributed by atoms with Crippen LogP contribution in [0.2, 0.25) is 0 Å². The Labute approximate surface area is 173 Å². The third-order valence-corrected chi connectivity index (χ3v) is 5.46. The van der Waals surface area contributed by atoms with Gasteiger partial charge in [-0.3, -0.25) is 14.5 Å². The number of amides is 2. The SMILES string of the molecule is Cc1cccc(C(=O)NCC(=O)N2CCN(Cc3ccc(C(C)C)cc3)CC2)c1. The van der Waals surface area contributed by atoms with Crippen LogP contribution in [0, 0.1) is 6.92 Å². The van der Waals surface area contributed by atoms with E-state index >= 15 is 0 Å². The summed E-state index contributed by atoms with van der Waals surface area (Å²) in [4.78, 5) is 28.9. The van der Waals surface area contributed by atoms with Crippen molar-refractivity contribution in [1.29, 1.82) is 0 Å². The predicted octanol–water partition coefficient (Wildman–Crippen LogP) is 3.19. The van der Waals surface area contributed by atoms with Gasteiger partial charge in [0.2, 0.25) is 5.91 Å². The molecule has 1 fully saturated rings. The molecule has 2 aromatic carbocycles. The average Bonchev–Trinajstić information content (AvgIpc) is 2.72. The molecule has 2 aromatic rings. The molecule has 1 heterocycles. The smallest absolute Gasteiger partial charge is 0.251 e. The minimum atomic E-state index is -0.203. The van der Waals surface area contributed by atoms with Crippen molar-refractivity contribution in [2.45, 2.75) is 33.2 Å². The van der Waals surface area contributed by atoms with Crippen LogP contribution in [-0.2, 0) is 11.3 Å². The van der Waals surface area contributed by atoms with Crippen LogP contribution in [0.15, 0.2) is 48.5 Å². The van der Waals surface area contributed by atoms with Gasteiger partial charge in [0, 0.05) is 38.3 Å². The number of nitrogens with zero attached hydrogens (tertiary/aromatic N) is 2. The molecular weight excluding hydrogens is 362 g/mol. The third-order valence-electron chi connectivity index (χ3n) is 5.46. The standard InChI is InChI=1S/C24H31N3O2/c1-18(2)21-9-7-20(8-10-21)17-26-11-13-27(14-12-26)23(28)16-25-24(29)22-6-4-5-19(3)15-22/h4-10,15,18H,11-14,16-17H2,1-3H3,(H,25,29). The molecule has 1 saturated heterocycles. The van der Waals surface area contributed by atoms with Crippen molar-refractivity contribution >= 4 is 11.8 Å². The summed E-state index contributed by atoms with van der Waals surface area (Å²) in [6, 6.07) is 16.2. The second-order valence-corrected chi connectivity index (χ2v) is 8.11. The summed E-state index contributed by atoms with van der Waals surface area (Å²) in [6.07, 6.45) is 0. The van der Waals surface area contributed by atoms with E-state index < -0.39 is 0 Å². The Hall–Kier alpha value is -2.66. The highest BCUT2D eigenvalue weighted by molar-refractivity contribution is 5.96. The number of benzene rings is 2. The molecule has 1 aliphatic rings. The lowest BCUT2D eigenvalue weighted by Gasteiger charge is -2.34. The lowest BCUT2D eigenvalue weighted by atomic mass is 10.0. The lowest BCUT2D eigenvalue weighted by Crippen LogP contribution is -2.50. The number of piperazine rings is 1. The van der Waals surface area contributed by atoms with Gasteiger partial charge in [0.15, 0.2) is 0 Å². The average molecular weight is 394 g/mol. The summed E-state index contributed by atoms with van der Waals surface area (Å²) in [5.41, 5.74) is 4.28. The van der Waals surface area contributed by atoms with Gasteiger partial charge < -0.3 is 10.2 Å². The Kier molecular flexibility index (Phi) is 7.04. The molecule has 0 saturated carbocycles. The van der Waals surface area contributed by atoms with Crippen LogP contribution in [0.1, 0.15) is 46.8 Å². The zero-order chi connectivity index (χ0) is 20.8. The highest BCUT2D eigenvalue weighted by atomic mass is 16.2. The van der Waals surface area contributed by atoms with Crippen molar-refractivity contribution in [3.8, 4) is 0 Å². The minimum absolute atomic E-state index is 0.0214. The zero-order valence-electron chi connectivity index (χ0n) is 17.6. The van der Waals surface area contributed by atoms with Crippen LogP contribution in [0.25, 0.3) is 0 Å².